The van der Waals surface area contributed by atoms with Crippen molar-refractivity contribution < 1.29 is 0 Å². The van der Waals surface area contributed by atoms with E-state index in [2.05, 4.69) is 25.2 Å². The molecule has 0 spiro atoms. The summed E-state index contributed by atoms with van der Waals surface area (Å²) in [4.78, 5) is 0. The molecule has 2 unspecified atom stereocenters. The Labute approximate surface area is 79.1 Å². The monoisotopic (exact) mass is 176 g/mol. The molecule has 3 N–H and O–H groups in total. The summed E-state index contributed by atoms with van der Waals surface area (Å²) in [5.41, 5.74) is 9.18. The van der Waals surface area contributed by atoms with Crippen molar-refractivity contribution in [2.24, 2.45) is 0 Å². The Bertz CT molecular complexity index is 320. The van der Waals surface area contributed by atoms with Gasteiger partial charge in [-0.3, -0.25) is 0 Å². The zero-order valence-electron chi connectivity index (χ0n) is 8.17. The molecule has 0 radical (unpaired) electrons. The molecule has 2 heteroatoms. The zero-order chi connectivity index (χ0) is 9.42. The highest BCUT2D eigenvalue weighted by Gasteiger charge is 2.20. The van der Waals surface area contributed by atoms with E-state index in [9.17, 15) is 0 Å². The maximum absolute atomic E-state index is 5.73. The van der Waals surface area contributed by atoms with Gasteiger partial charge in [0, 0.05) is 17.4 Å². The van der Waals surface area contributed by atoms with Crippen LogP contribution < -0.4 is 11.1 Å². The summed E-state index contributed by atoms with van der Waals surface area (Å²) < 4.78 is 0. The molecule has 2 nitrogen and oxygen atoms in total. The number of fused-ring (bicyclic) bond motifs is 1. The first-order valence-corrected chi connectivity index (χ1v) is 4.83. The van der Waals surface area contributed by atoms with E-state index < -0.39 is 0 Å². The number of hydrogen-bond donors (Lipinski definition) is 2. The van der Waals surface area contributed by atoms with Crippen LogP contribution in [-0.4, -0.2) is 6.04 Å². The van der Waals surface area contributed by atoms with Gasteiger partial charge in [0.05, 0.1) is 0 Å². The van der Waals surface area contributed by atoms with Gasteiger partial charge in [0.1, 0.15) is 0 Å². The van der Waals surface area contributed by atoms with Crippen LogP contribution in [-0.2, 0) is 0 Å². The van der Waals surface area contributed by atoms with Gasteiger partial charge in [0.2, 0.25) is 0 Å². The second-order valence-electron chi connectivity index (χ2n) is 4.03. The lowest BCUT2D eigenvalue weighted by Crippen LogP contribution is -2.24. The molecule has 13 heavy (non-hydrogen) atoms. The van der Waals surface area contributed by atoms with Crippen molar-refractivity contribution in [1.29, 1.82) is 0 Å². The van der Waals surface area contributed by atoms with E-state index in [1.807, 2.05) is 12.1 Å². The Balaban J connectivity index is 2.43. The zero-order valence-corrected chi connectivity index (χ0v) is 8.17. The topological polar surface area (TPSA) is 38.0 Å². The van der Waals surface area contributed by atoms with Gasteiger partial charge in [-0.05, 0) is 37.0 Å². The minimum atomic E-state index is 0.560. The van der Waals surface area contributed by atoms with Crippen molar-refractivity contribution >= 4 is 11.4 Å². The highest BCUT2D eigenvalue weighted by atomic mass is 14.9. The molecule has 0 aliphatic carbocycles. The molecule has 1 heterocycles. The fourth-order valence-corrected chi connectivity index (χ4v) is 2.11. The summed E-state index contributed by atoms with van der Waals surface area (Å²) in [7, 11) is 0. The average molecular weight is 176 g/mol. The van der Waals surface area contributed by atoms with Gasteiger partial charge >= 0.3 is 0 Å². The number of anilines is 2. The maximum atomic E-state index is 5.73. The van der Waals surface area contributed by atoms with Crippen molar-refractivity contribution in [2.75, 3.05) is 11.1 Å². The highest BCUT2D eigenvalue weighted by Crippen LogP contribution is 2.34. The molecule has 1 aliphatic heterocycles. The third kappa shape index (κ3) is 1.48. The summed E-state index contributed by atoms with van der Waals surface area (Å²) in [5, 5.41) is 3.45. The summed E-state index contributed by atoms with van der Waals surface area (Å²) in [6.45, 7) is 4.48. The van der Waals surface area contributed by atoms with Gasteiger partial charge < -0.3 is 11.1 Å². The van der Waals surface area contributed by atoms with Gasteiger partial charge in [-0.15, -0.1) is 0 Å². The Hall–Kier alpha value is -1.18. The second kappa shape index (κ2) is 2.95. The van der Waals surface area contributed by atoms with Crippen LogP contribution in [0.1, 0.15) is 31.7 Å². The molecule has 0 amide bonds. The van der Waals surface area contributed by atoms with E-state index in [1.165, 1.54) is 17.7 Å². The number of nitrogen functional groups attached to an aromatic ring is 1. The van der Waals surface area contributed by atoms with Crippen molar-refractivity contribution in [3.63, 3.8) is 0 Å². The van der Waals surface area contributed by atoms with Crippen molar-refractivity contribution in [3.8, 4) is 0 Å². The molecule has 0 aromatic heterocycles. The van der Waals surface area contributed by atoms with E-state index in [0.717, 1.165) is 5.69 Å². The predicted octanol–water partition coefficient (Wildman–Crippen LogP) is 2.58. The fraction of sp³-hybridized carbons (Fsp3) is 0.455. The van der Waals surface area contributed by atoms with Gasteiger partial charge in [-0.1, -0.05) is 13.0 Å². The van der Waals surface area contributed by atoms with Gasteiger partial charge in [0.25, 0.3) is 0 Å². The van der Waals surface area contributed by atoms with Crippen LogP contribution in [0.3, 0.4) is 0 Å². The molecular weight excluding hydrogens is 160 g/mol. The number of nitrogens with one attached hydrogen (secondary N) is 1. The maximum Gasteiger partial charge on any atom is 0.0398 e. The first kappa shape index (κ1) is 8.42. The van der Waals surface area contributed by atoms with E-state index >= 15 is 0 Å². The van der Waals surface area contributed by atoms with E-state index in [-0.39, 0.29) is 0 Å². The van der Waals surface area contributed by atoms with Gasteiger partial charge in [-0.2, -0.15) is 0 Å². The minimum absolute atomic E-state index is 0.560. The van der Waals surface area contributed by atoms with Crippen LogP contribution in [0.4, 0.5) is 11.4 Å². The molecular formula is C11H16N2. The molecule has 2 atom stereocenters. The lowest BCUT2D eigenvalue weighted by molar-refractivity contribution is 0.590. The van der Waals surface area contributed by atoms with Crippen LogP contribution in [0.5, 0.6) is 0 Å². The summed E-state index contributed by atoms with van der Waals surface area (Å²) in [6.07, 6.45) is 1.21. The first-order chi connectivity index (χ1) is 6.16. The van der Waals surface area contributed by atoms with E-state index in [4.69, 9.17) is 5.73 Å². The lowest BCUT2D eigenvalue weighted by atomic mass is 9.89. The van der Waals surface area contributed by atoms with Gasteiger partial charge in [0.15, 0.2) is 0 Å². The van der Waals surface area contributed by atoms with Crippen molar-refractivity contribution in [3.05, 3.63) is 23.8 Å². The van der Waals surface area contributed by atoms with Crippen LogP contribution in [0, 0.1) is 0 Å². The first-order valence-electron chi connectivity index (χ1n) is 4.83. The summed E-state index contributed by atoms with van der Waals surface area (Å²) in [6, 6.07) is 6.70. The third-order valence-electron chi connectivity index (χ3n) is 2.72. The molecule has 0 bridgehead atoms. The Morgan fingerprint density at radius 1 is 1.38 bits per heavy atom. The fourth-order valence-electron chi connectivity index (χ4n) is 2.11. The van der Waals surface area contributed by atoms with Crippen molar-refractivity contribution in [1.82, 2.24) is 0 Å². The normalized spacial score (nSPS) is 26.3. The smallest absolute Gasteiger partial charge is 0.0398 e. The van der Waals surface area contributed by atoms with Gasteiger partial charge in [-0.25, -0.2) is 0 Å². The minimum Gasteiger partial charge on any atom is -0.399 e. The highest BCUT2D eigenvalue weighted by molar-refractivity contribution is 5.62. The molecule has 1 aliphatic rings. The Morgan fingerprint density at radius 2 is 2.15 bits per heavy atom. The second-order valence-corrected chi connectivity index (χ2v) is 4.03. The third-order valence-corrected chi connectivity index (χ3v) is 2.72. The summed E-state index contributed by atoms with van der Waals surface area (Å²) in [5.74, 6) is 0.645. The molecule has 2 rings (SSSR count). The van der Waals surface area contributed by atoms with E-state index in [1.54, 1.807) is 0 Å². The van der Waals surface area contributed by atoms with Crippen LogP contribution in [0.15, 0.2) is 18.2 Å². The molecule has 1 aromatic carbocycles. The largest absolute Gasteiger partial charge is 0.399 e. The molecule has 1 aromatic rings. The Kier molecular flexibility index (Phi) is 1.91. The number of nitrogens with two attached hydrogens (primary N) is 1. The number of hydrogen-bond acceptors (Lipinski definition) is 2. The van der Waals surface area contributed by atoms with Crippen LogP contribution in [0.2, 0.25) is 0 Å². The lowest BCUT2D eigenvalue weighted by Gasteiger charge is -2.29. The predicted molar refractivity (Wildman–Crippen MR) is 57.0 cm³/mol. The number of rotatable bonds is 0. The quantitative estimate of drug-likeness (QED) is 0.596. The van der Waals surface area contributed by atoms with Crippen molar-refractivity contribution in [2.45, 2.75) is 32.2 Å². The molecule has 0 saturated carbocycles. The Morgan fingerprint density at radius 3 is 2.92 bits per heavy atom. The van der Waals surface area contributed by atoms with Crippen LogP contribution >= 0.6 is 0 Å². The molecule has 0 saturated heterocycles. The molecule has 70 valence electrons. The summed E-state index contributed by atoms with van der Waals surface area (Å²) >= 11 is 0. The average Bonchev–Trinajstić information content (AvgIpc) is 2.02. The molecule has 0 fully saturated rings. The van der Waals surface area contributed by atoms with Crippen LogP contribution in [0.25, 0.3) is 0 Å². The SMILES string of the molecule is CC1CC(C)c2ccc(N)cc2N1. The van der Waals surface area contributed by atoms with E-state index in [0.29, 0.717) is 12.0 Å². The standard InChI is InChI=1S/C11H16N2/c1-7-5-8(2)13-11-6-9(12)3-4-10(7)11/h3-4,6-8,13H,5,12H2,1-2H3. The number of benzene rings is 1.